The van der Waals surface area contributed by atoms with Crippen LogP contribution < -0.4 is 4.74 Å². The summed E-state index contributed by atoms with van der Waals surface area (Å²) in [5.41, 5.74) is 0.500. The molecule has 0 saturated heterocycles. The molecular weight excluding hydrogens is 272 g/mol. The highest BCUT2D eigenvalue weighted by molar-refractivity contribution is 9.10. The molecule has 0 radical (unpaired) electrons. The summed E-state index contributed by atoms with van der Waals surface area (Å²) >= 11 is 3.34. The molecule has 90 valence electrons. The molecule has 0 aliphatic carbocycles. The maximum absolute atomic E-state index is 11.2. The van der Waals surface area contributed by atoms with E-state index in [2.05, 4.69) is 20.7 Å². The molecule has 0 heterocycles. The lowest BCUT2D eigenvalue weighted by molar-refractivity contribution is 0.0600. The Kier molecular flexibility index (Phi) is 6.11. The first kappa shape index (κ1) is 15.0. The van der Waals surface area contributed by atoms with Gasteiger partial charge in [0.25, 0.3) is 0 Å². The SMILES string of the molecule is C.COC(=O)c1ccc(OC(C)C)c(Br)c1. The number of hydrogen-bond acceptors (Lipinski definition) is 3. The van der Waals surface area contributed by atoms with Crippen LogP contribution in [0.3, 0.4) is 0 Å². The third kappa shape index (κ3) is 3.85. The van der Waals surface area contributed by atoms with Gasteiger partial charge in [0.2, 0.25) is 0 Å². The lowest BCUT2D eigenvalue weighted by atomic mass is 10.2. The Morgan fingerprint density at radius 3 is 2.44 bits per heavy atom. The molecule has 0 aromatic heterocycles. The van der Waals surface area contributed by atoms with E-state index in [9.17, 15) is 4.79 Å². The summed E-state index contributed by atoms with van der Waals surface area (Å²) in [6, 6.07) is 5.11. The molecule has 0 aliphatic rings. The highest BCUT2D eigenvalue weighted by Crippen LogP contribution is 2.27. The first-order valence-electron chi connectivity index (χ1n) is 4.59. The number of esters is 1. The molecule has 0 unspecified atom stereocenters. The number of benzene rings is 1. The third-order valence-electron chi connectivity index (χ3n) is 1.72. The molecule has 16 heavy (non-hydrogen) atoms. The summed E-state index contributed by atoms with van der Waals surface area (Å²) in [5.74, 6) is 0.365. The highest BCUT2D eigenvalue weighted by Gasteiger charge is 2.09. The predicted molar refractivity (Wildman–Crippen MR) is 68.0 cm³/mol. The average molecular weight is 289 g/mol. The standard InChI is InChI=1S/C11H13BrO3.CH4/c1-7(2)15-10-5-4-8(6-9(10)12)11(13)14-3;/h4-7H,1-3H3;1H4. The normalized spacial score (nSPS) is 9.56. The van der Waals surface area contributed by atoms with Gasteiger partial charge in [-0.25, -0.2) is 4.79 Å². The lowest BCUT2D eigenvalue weighted by Crippen LogP contribution is -2.07. The second-order valence-electron chi connectivity index (χ2n) is 3.30. The van der Waals surface area contributed by atoms with E-state index >= 15 is 0 Å². The molecule has 3 nitrogen and oxygen atoms in total. The number of hydrogen-bond donors (Lipinski definition) is 0. The zero-order valence-electron chi connectivity index (χ0n) is 8.91. The second-order valence-corrected chi connectivity index (χ2v) is 4.16. The van der Waals surface area contributed by atoms with Gasteiger partial charge in [0.15, 0.2) is 0 Å². The number of rotatable bonds is 3. The van der Waals surface area contributed by atoms with Crippen molar-refractivity contribution in [3.05, 3.63) is 28.2 Å². The van der Waals surface area contributed by atoms with Crippen molar-refractivity contribution >= 4 is 21.9 Å². The van der Waals surface area contributed by atoms with Crippen LogP contribution in [0.2, 0.25) is 0 Å². The number of carbonyl (C=O) groups excluding carboxylic acids is 1. The van der Waals surface area contributed by atoms with E-state index in [1.54, 1.807) is 18.2 Å². The van der Waals surface area contributed by atoms with Crippen LogP contribution in [0.1, 0.15) is 31.6 Å². The van der Waals surface area contributed by atoms with Gasteiger partial charge >= 0.3 is 5.97 Å². The molecule has 0 fully saturated rings. The van der Waals surface area contributed by atoms with Gasteiger partial charge in [0, 0.05) is 0 Å². The monoisotopic (exact) mass is 288 g/mol. The number of ether oxygens (including phenoxy) is 2. The Balaban J connectivity index is 0.00000225. The Morgan fingerprint density at radius 1 is 1.38 bits per heavy atom. The van der Waals surface area contributed by atoms with Gasteiger partial charge in [-0.1, -0.05) is 7.43 Å². The van der Waals surface area contributed by atoms with E-state index in [0.29, 0.717) is 5.56 Å². The van der Waals surface area contributed by atoms with Crippen LogP contribution in [0, 0.1) is 0 Å². The smallest absolute Gasteiger partial charge is 0.337 e. The molecular formula is C12H17BrO3. The summed E-state index contributed by atoms with van der Waals surface area (Å²) in [7, 11) is 1.36. The summed E-state index contributed by atoms with van der Waals surface area (Å²) in [4.78, 5) is 11.2. The first-order valence-corrected chi connectivity index (χ1v) is 5.38. The molecule has 1 aromatic rings. The predicted octanol–water partition coefficient (Wildman–Crippen LogP) is 3.66. The van der Waals surface area contributed by atoms with E-state index in [-0.39, 0.29) is 19.5 Å². The molecule has 0 bridgehead atoms. The zero-order chi connectivity index (χ0) is 11.4. The van der Waals surface area contributed by atoms with Gasteiger partial charge in [-0.3, -0.25) is 0 Å². The van der Waals surface area contributed by atoms with Crippen molar-refractivity contribution in [2.24, 2.45) is 0 Å². The first-order chi connectivity index (χ1) is 7.04. The molecule has 0 N–H and O–H groups in total. The summed E-state index contributed by atoms with van der Waals surface area (Å²) in [6.07, 6.45) is 0.102. The summed E-state index contributed by atoms with van der Waals surface area (Å²) < 4.78 is 10.9. The van der Waals surface area contributed by atoms with Crippen molar-refractivity contribution in [1.29, 1.82) is 0 Å². The molecule has 1 aromatic carbocycles. The Hall–Kier alpha value is -1.03. The van der Waals surface area contributed by atoms with Gasteiger partial charge < -0.3 is 9.47 Å². The molecule has 1 rings (SSSR count). The topological polar surface area (TPSA) is 35.5 Å². The molecule has 0 aliphatic heterocycles. The van der Waals surface area contributed by atoms with E-state index in [4.69, 9.17) is 4.74 Å². The quantitative estimate of drug-likeness (QED) is 0.797. The number of halogens is 1. The fourth-order valence-corrected chi connectivity index (χ4v) is 1.57. The average Bonchev–Trinajstić information content (AvgIpc) is 2.19. The van der Waals surface area contributed by atoms with Crippen LogP contribution in [0.5, 0.6) is 5.75 Å². The summed E-state index contributed by atoms with van der Waals surface area (Å²) in [6.45, 7) is 3.89. The lowest BCUT2D eigenvalue weighted by Gasteiger charge is -2.11. The van der Waals surface area contributed by atoms with Crippen molar-refractivity contribution in [1.82, 2.24) is 0 Å². The van der Waals surface area contributed by atoms with Crippen molar-refractivity contribution in [3.8, 4) is 5.75 Å². The van der Waals surface area contributed by atoms with Crippen molar-refractivity contribution in [2.45, 2.75) is 27.4 Å². The highest BCUT2D eigenvalue weighted by atomic mass is 79.9. The van der Waals surface area contributed by atoms with Crippen LogP contribution in [0.4, 0.5) is 0 Å². The molecule has 4 heteroatoms. The minimum atomic E-state index is -0.355. The van der Waals surface area contributed by atoms with Crippen molar-refractivity contribution in [2.75, 3.05) is 7.11 Å². The van der Waals surface area contributed by atoms with Gasteiger partial charge in [-0.15, -0.1) is 0 Å². The third-order valence-corrected chi connectivity index (χ3v) is 2.34. The van der Waals surface area contributed by atoms with Crippen molar-refractivity contribution < 1.29 is 14.3 Å². The minimum Gasteiger partial charge on any atom is -0.490 e. The van der Waals surface area contributed by atoms with Crippen LogP contribution >= 0.6 is 15.9 Å². The number of methoxy groups -OCH3 is 1. The fraction of sp³-hybridized carbons (Fsp3) is 0.417. The van der Waals surface area contributed by atoms with E-state index in [1.165, 1.54) is 7.11 Å². The van der Waals surface area contributed by atoms with Crippen LogP contribution in [-0.4, -0.2) is 19.2 Å². The van der Waals surface area contributed by atoms with Gasteiger partial charge in [0.05, 0.1) is 23.2 Å². The fourth-order valence-electron chi connectivity index (χ4n) is 1.10. The number of carbonyl (C=O) groups is 1. The maximum Gasteiger partial charge on any atom is 0.337 e. The van der Waals surface area contributed by atoms with Gasteiger partial charge in [-0.2, -0.15) is 0 Å². The largest absolute Gasteiger partial charge is 0.490 e. The van der Waals surface area contributed by atoms with Gasteiger partial charge in [-0.05, 0) is 48.0 Å². The van der Waals surface area contributed by atoms with Crippen molar-refractivity contribution in [3.63, 3.8) is 0 Å². The Bertz CT molecular complexity index is 361. The molecule has 0 amide bonds. The van der Waals surface area contributed by atoms with Crippen LogP contribution in [0.15, 0.2) is 22.7 Å². The summed E-state index contributed by atoms with van der Waals surface area (Å²) in [5, 5.41) is 0. The second kappa shape index (κ2) is 6.53. The van der Waals surface area contributed by atoms with Crippen LogP contribution in [0.25, 0.3) is 0 Å². The van der Waals surface area contributed by atoms with E-state index in [1.807, 2.05) is 13.8 Å². The molecule has 0 spiro atoms. The molecule has 0 atom stereocenters. The van der Waals surface area contributed by atoms with E-state index < -0.39 is 0 Å². The van der Waals surface area contributed by atoms with Gasteiger partial charge in [0.1, 0.15) is 5.75 Å². The van der Waals surface area contributed by atoms with E-state index in [0.717, 1.165) is 10.2 Å². The Labute approximate surface area is 105 Å². The van der Waals surface area contributed by atoms with Crippen LogP contribution in [-0.2, 0) is 4.74 Å². The zero-order valence-corrected chi connectivity index (χ0v) is 10.5. The minimum absolute atomic E-state index is 0. The maximum atomic E-state index is 11.2. The Morgan fingerprint density at radius 2 is 2.00 bits per heavy atom. The molecule has 0 saturated carbocycles.